The van der Waals surface area contributed by atoms with E-state index in [1.54, 1.807) is 0 Å². The van der Waals surface area contributed by atoms with Crippen molar-refractivity contribution in [1.29, 1.82) is 0 Å². The summed E-state index contributed by atoms with van der Waals surface area (Å²) >= 11 is 0. The van der Waals surface area contributed by atoms with Gasteiger partial charge in [-0.05, 0) is 23.6 Å². The highest BCUT2D eigenvalue weighted by Crippen LogP contribution is 2.36. The molecule has 2 aromatic carbocycles. The van der Waals surface area contributed by atoms with Gasteiger partial charge in [-0.15, -0.1) is 0 Å². The molecule has 0 aromatic heterocycles. The van der Waals surface area contributed by atoms with Gasteiger partial charge in [-0.2, -0.15) is 0 Å². The van der Waals surface area contributed by atoms with Crippen molar-refractivity contribution in [3.8, 4) is 0 Å². The highest BCUT2D eigenvalue weighted by Gasteiger charge is 2.27. The van der Waals surface area contributed by atoms with E-state index >= 15 is 0 Å². The summed E-state index contributed by atoms with van der Waals surface area (Å²) in [7, 11) is 0. The average molecular weight is 224 g/mol. The first-order chi connectivity index (χ1) is 8.36. The molecule has 0 aliphatic carbocycles. The van der Waals surface area contributed by atoms with Crippen LogP contribution in [-0.4, -0.2) is 6.10 Å². The van der Waals surface area contributed by atoms with Crippen molar-refractivity contribution in [3.05, 3.63) is 71.3 Å². The average Bonchev–Trinajstić information content (AvgIpc) is 2.39. The second-order valence-corrected chi connectivity index (χ2v) is 4.60. The topological polar surface area (TPSA) is 9.23 Å². The molecule has 1 aliphatic rings. The van der Waals surface area contributed by atoms with Crippen LogP contribution in [0.5, 0.6) is 0 Å². The normalized spacial score (nSPS) is 23.1. The number of hydrogen-bond donors (Lipinski definition) is 0. The van der Waals surface area contributed by atoms with Crippen LogP contribution >= 0.6 is 0 Å². The zero-order valence-corrected chi connectivity index (χ0v) is 9.97. The number of hydrogen-bond acceptors (Lipinski definition) is 1. The van der Waals surface area contributed by atoms with E-state index in [4.69, 9.17) is 4.74 Å². The van der Waals surface area contributed by atoms with Crippen molar-refractivity contribution in [1.82, 2.24) is 0 Å². The largest absolute Gasteiger partial charge is 0.373 e. The second-order valence-electron chi connectivity index (χ2n) is 4.60. The lowest BCUT2D eigenvalue weighted by atomic mass is 9.83. The first-order valence-corrected chi connectivity index (χ1v) is 6.10. The van der Waals surface area contributed by atoms with E-state index in [9.17, 15) is 0 Å². The maximum atomic E-state index is 5.87. The third kappa shape index (κ3) is 1.87. The minimum Gasteiger partial charge on any atom is -0.373 e. The first kappa shape index (κ1) is 10.5. The molecule has 0 amide bonds. The van der Waals surface area contributed by atoms with E-state index in [1.807, 2.05) is 0 Å². The summed E-state index contributed by atoms with van der Waals surface area (Å²) in [5.41, 5.74) is 4.07. The minimum absolute atomic E-state index is 0.243. The summed E-state index contributed by atoms with van der Waals surface area (Å²) in [5.74, 6) is 0.362. The lowest BCUT2D eigenvalue weighted by Gasteiger charge is -2.32. The van der Waals surface area contributed by atoms with Crippen LogP contribution in [0, 0.1) is 0 Å². The Balaban J connectivity index is 2.10. The van der Waals surface area contributed by atoms with Crippen molar-refractivity contribution in [2.24, 2.45) is 0 Å². The van der Waals surface area contributed by atoms with Gasteiger partial charge in [-0.1, -0.05) is 54.6 Å². The van der Waals surface area contributed by atoms with Crippen LogP contribution in [0.15, 0.2) is 54.6 Å². The van der Waals surface area contributed by atoms with Gasteiger partial charge in [0.2, 0.25) is 0 Å². The predicted octanol–water partition coefficient (Wildman–Crippen LogP) is 3.74. The zero-order chi connectivity index (χ0) is 11.7. The summed E-state index contributed by atoms with van der Waals surface area (Å²) in [6, 6.07) is 19.2. The van der Waals surface area contributed by atoms with Crippen LogP contribution in [0.2, 0.25) is 0 Å². The molecular formula is C16H16O. The lowest BCUT2D eigenvalue weighted by Crippen LogP contribution is -2.26. The zero-order valence-electron chi connectivity index (χ0n) is 9.97. The fourth-order valence-electron chi connectivity index (χ4n) is 2.65. The molecule has 0 radical (unpaired) electrons. The maximum absolute atomic E-state index is 5.87. The van der Waals surface area contributed by atoms with Crippen LogP contribution < -0.4 is 0 Å². The van der Waals surface area contributed by atoms with E-state index in [2.05, 4.69) is 61.5 Å². The molecule has 0 N–H and O–H groups in total. The monoisotopic (exact) mass is 224 g/mol. The van der Waals surface area contributed by atoms with Gasteiger partial charge in [-0.3, -0.25) is 0 Å². The van der Waals surface area contributed by atoms with E-state index in [0.29, 0.717) is 5.92 Å². The molecule has 1 heteroatoms. The molecule has 0 fully saturated rings. The summed E-state index contributed by atoms with van der Waals surface area (Å²) in [5, 5.41) is 0. The molecule has 1 heterocycles. The fraction of sp³-hybridized carbons (Fsp3) is 0.250. The van der Waals surface area contributed by atoms with Crippen LogP contribution in [0.25, 0.3) is 0 Å². The summed E-state index contributed by atoms with van der Waals surface area (Å²) < 4.78 is 5.87. The molecule has 17 heavy (non-hydrogen) atoms. The molecule has 0 unspecified atom stereocenters. The molecule has 0 saturated heterocycles. The van der Waals surface area contributed by atoms with E-state index in [-0.39, 0.29) is 6.10 Å². The Morgan fingerprint density at radius 1 is 0.941 bits per heavy atom. The Hall–Kier alpha value is -1.60. The minimum atomic E-state index is 0.243. The van der Waals surface area contributed by atoms with Crippen molar-refractivity contribution in [2.75, 3.05) is 0 Å². The predicted molar refractivity (Wildman–Crippen MR) is 69.0 cm³/mol. The Bertz CT molecular complexity index is 504. The van der Waals surface area contributed by atoms with Gasteiger partial charge in [0, 0.05) is 5.92 Å². The van der Waals surface area contributed by atoms with E-state index in [0.717, 1.165) is 6.61 Å². The Morgan fingerprint density at radius 2 is 1.65 bits per heavy atom. The van der Waals surface area contributed by atoms with E-state index < -0.39 is 0 Å². The number of ether oxygens (including phenoxy) is 1. The van der Waals surface area contributed by atoms with Crippen molar-refractivity contribution < 1.29 is 4.74 Å². The third-order valence-corrected chi connectivity index (χ3v) is 3.52. The van der Waals surface area contributed by atoms with Crippen LogP contribution in [0.1, 0.15) is 29.5 Å². The van der Waals surface area contributed by atoms with Gasteiger partial charge in [0.25, 0.3) is 0 Å². The third-order valence-electron chi connectivity index (χ3n) is 3.52. The highest BCUT2D eigenvalue weighted by molar-refractivity contribution is 5.40. The number of rotatable bonds is 1. The standard InChI is InChI=1S/C16H16O/c1-12-16(13-7-3-2-4-8-13)15-10-6-5-9-14(15)11-17-12/h2-10,12,16H,11H2,1H3/t12-,16+/m1/s1. The van der Waals surface area contributed by atoms with Crippen LogP contribution in [0.4, 0.5) is 0 Å². The molecule has 1 aliphatic heterocycles. The lowest BCUT2D eigenvalue weighted by molar-refractivity contribution is 0.0288. The molecule has 3 rings (SSSR count). The van der Waals surface area contributed by atoms with Gasteiger partial charge in [0.1, 0.15) is 0 Å². The molecule has 0 saturated carbocycles. The second kappa shape index (κ2) is 4.34. The van der Waals surface area contributed by atoms with Crippen LogP contribution in [0.3, 0.4) is 0 Å². The van der Waals surface area contributed by atoms with Crippen molar-refractivity contribution >= 4 is 0 Å². The van der Waals surface area contributed by atoms with E-state index in [1.165, 1.54) is 16.7 Å². The fourth-order valence-corrected chi connectivity index (χ4v) is 2.65. The highest BCUT2D eigenvalue weighted by atomic mass is 16.5. The molecule has 2 atom stereocenters. The number of fused-ring (bicyclic) bond motifs is 1. The Morgan fingerprint density at radius 3 is 2.47 bits per heavy atom. The molecule has 1 nitrogen and oxygen atoms in total. The SMILES string of the molecule is C[C@H]1OCc2ccccc2[C@@H]1c1ccccc1. The van der Waals surface area contributed by atoms with Crippen molar-refractivity contribution in [3.63, 3.8) is 0 Å². The Labute approximate surface area is 102 Å². The van der Waals surface area contributed by atoms with Gasteiger partial charge >= 0.3 is 0 Å². The summed E-state index contributed by atoms with van der Waals surface area (Å²) in [4.78, 5) is 0. The quantitative estimate of drug-likeness (QED) is 0.717. The van der Waals surface area contributed by atoms with Gasteiger partial charge < -0.3 is 4.74 Å². The molecule has 2 aromatic rings. The summed E-state index contributed by atoms with van der Waals surface area (Å²) in [6.07, 6.45) is 0.243. The smallest absolute Gasteiger partial charge is 0.0723 e. The first-order valence-electron chi connectivity index (χ1n) is 6.10. The Kier molecular flexibility index (Phi) is 2.69. The van der Waals surface area contributed by atoms with Crippen LogP contribution in [-0.2, 0) is 11.3 Å². The molecule has 0 spiro atoms. The molecule has 0 bridgehead atoms. The molecule has 86 valence electrons. The summed E-state index contributed by atoms with van der Waals surface area (Å²) in [6.45, 7) is 2.90. The van der Waals surface area contributed by atoms with Gasteiger partial charge in [0.15, 0.2) is 0 Å². The van der Waals surface area contributed by atoms with Gasteiger partial charge in [0.05, 0.1) is 12.7 Å². The molecular weight excluding hydrogens is 208 g/mol. The number of benzene rings is 2. The van der Waals surface area contributed by atoms with Gasteiger partial charge in [-0.25, -0.2) is 0 Å². The van der Waals surface area contributed by atoms with Crippen molar-refractivity contribution in [2.45, 2.75) is 25.6 Å². The maximum Gasteiger partial charge on any atom is 0.0723 e.